The van der Waals surface area contributed by atoms with Crippen LogP contribution in [-0.4, -0.2) is 25.5 Å². The predicted octanol–water partition coefficient (Wildman–Crippen LogP) is 3.40. The Kier molecular flexibility index (Phi) is 4.29. The summed E-state index contributed by atoms with van der Waals surface area (Å²) >= 11 is 6.05. The molecule has 6 nitrogen and oxygen atoms in total. The molecule has 2 aromatic carbocycles. The minimum atomic E-state index is -3.93. The lowest BCUT2D eigenvalue weighted by atomic mass is 10.2. The molecule has 3 aromatic rings. The Hall–Kier alpha value is -2.38. The number of sulfonamides is 1. The Morgan fingerprint density at radius 3 is 2.58 bits per heavy atom. The number of halogens is 1. The standard InChI is InChI=1S/C16H14ClN3O3S/c1-10-7-14(23-2)15(8-11(10)17)24(21,22)20-16-9-18-12-5-3-4-6-13(12)19-16/h3-9H,1-2H3,(H,19,20). The van der Waals surface area contributed by atoms with Crippen LogP contribution < -0.4 is 9.46 Å². The van der Waals surface area contributed by atoms with Crippen LogP contribution in [0.5, 0.6) is 5.75 Å². The number of fused-ring (bicyclic) bond motifs is 1. The van der Waals surface area contributed by atoms with E-state index in [9.17, 15) is 8.42 Å². The maximum Gasteiger partial charge on any atom is 0.266 e. The number of hydrogen-bond acceptors (Lipinski definition) is 5. The third-order valence-corrected chi connectivity index (χ3v) is 5.21. The summed E-state index contributed by atoms with van der Waals surface area (Å²) in [4.78, 5) is 8.38. The number of nitrogens with zero attached hydrogens (tertiary/aromatic N) is 2. The normalized spacial score (nSPS) is 11.5. The quantitative estimate of drug-likeness (QED) is 0.768. The molecule has 0 aliphatic rings. The van der Waals surface area contributed by atoms with Gasteiger partial charge in [0.15, 0.2) is 5.82 Å². The molecule has 0 spiro atoms. The van der Waals surface area contributed by atoms with E-state index in [1.807, 2.05) is 6.07 Å². The first-order valence-corrected chi connectivity index (χ1v) is 8.85. The van der Waals surface area contributed by atoms with Crippen molar-refractivity contribution in [1.82, 2.24) is 9.97 Å². The van der Waals surface area contributed by atoms with Gasteiger partial charge in [0, 0.05) is 5.02 Å². The SMILES string of the molecule is COc1cc(C)c(Cl)cc1S(=O)(=O)Nc1cnc2ccccc2n1. The fourth-order valence-electron chi connectivity index (χ4n) is 2.21. The number of hydrogen-bond donors (Lipinski definition) is 1. The molecule has 24 heavy (non-hydrogen) atoms. The summed E-state index contributed by atoms with van der Waals surface area (Å²) < 4.78 is 32.9. The highest BCUT2D eigenvalue weighted by molar-refractivity contribution is 7.92. The zero-order chi connectivity index (χ0) is 17.3. The van der Waals surface area contributed by atoms with E-state index in [4.69, 9.17) is 16.3 Å². The Morgan fingerprint density at radius 1 is 1.17 bits per heavy atom. The van der Waals surface area contributed by atoms with E-state index in [0.29, 0.717) is 16.1 Å². The average Bonchev–Trinajstić information content (AvgIpc) is 2.56. The van der Waals surface area contributed by atoms with E-state index in [1.54, 1.807) is 31.2 Å². The molecule has 0 aliphatic carbocycles. The van der Waals surface area contributed by atoms with Crippen LogP contribution in [0.1, 0.15) is 5.56 Å². The van der Waals surface area contributed by atoms with Crippen molar-refractivity contribution in [2.45, 2.75) is 11.8 Å². The molecule has 1 aromatic heterocycles. The molecular formula is C16H14ClN3O3S. The summed E-state index contributed by atoms with van der Waals surface area (Å²) in [5.74, 6) is 0.325. The summed E-state index contributed by atoms with van der Waals surface area (Å²) in [5.41, 5.74) is 1.99. The lowest BCUT2D eigenvalue weighted by Gasteiger charge is -2.13. The van der Waals surface area contributed by atoms with E-state index in [2.05, 4.69) is 14.7 Å². The maximum absolute atomic E-state index is 12.7. The second-order valence-corrected chi connectivity index (χ2v) is 7.16. The number of benzene rings is 2. The second kappa shape index (κ2) is 6.26. The van der Waals surface area contributed by atoms with Gasteiger partial charge in [-0.2, -0.15) is 0 Å². The van der Waals surface area contributed by atoms with Crippen molar-refractivity contribution in [3.8, 4) is 5.75 Å². The largest absolute Gasteiger partial charge is 0.495 e. The first-order chi connectivity index (χ1) is 11.4. The van der Waals surface area contributed by atoms with Gasteiger partial charge in [0.2, 0.25) is 0 Å². The maximum atomic E-state index is 12.7. The molecule has 0 radical (unpaired) electrons. The van der Waals surface area contributed by atoms with Gasteiger partial charge in [-0.1, -0.05) is 23.7 Å². The van der Waals surface area contributed by atoms with Gasteiger partial charge < -0.3 is 4.74 Å². The van der Waals surface area contributed by atoms with Crippen LogP contribution in [0, 0.1) is 6.92 Å². The fourth-order valence-corrected chi connectivity index (χ4v) is 3.60. The topological polar surface area (TPSA) is 81.2 Å². The van der Waals surface area contributed by atoms with Crippen molar-refractivity contribution in [3.05, 3.63) is 53.2 Å². The Morgan fingerprint density at radius 2 is 1.88 bits per heavy atom. The molecule has 0 bridgehead atoms. The predicted molar refractivity (Wildman–Crippen MR) is 93.1 cm³/mol. The lowest BCUT2D eigenvalue weighted by Crippen LogP contribution is -2.15. The monoisotopic (exact) mass is 363 g/mol. The molecule has 124 valence electrons. The summed E-state index contributed by atoms with van der Waals surface area (Å²) in [6.45, 7) is 1.77. The number of methoxy groups -OCH3 is 1. The Balaban J connectivity index is 2.03. The summed E-state index contributed by atoms with van der Waals surface area (Å²) in [6, 6.07) is 10.1. The van der Waals surface area contributed by atoms with Crippen LogP contribution in [0.3, 0.4) is 0 Å². The summed E-state index contributed by atoms with van der Waals surface area (Å²) in [7, 11) is -2.53. The van der Waals surface area contributed by atoms with Crippen LogP contribution in [0.2, 0.25) is 5.02 Å². The zero-order valence-corrected chi connectivity index (χ0v) is 14.5. The van der Waals surface area contributed by atoms with Gasteiger partial charge in [0.05, 0.1) is 24.3 Å². The minimum absolute atomic E-state index is 0.0597. The van der Waals surface area contributed by atoms with Crippen molar-refractivity contribution >= 4 is 38.5 Å². The average molecular weight is 364 g/mol. The molecule has 0 unspecified atom stereocenters. The number of ether oxygens (including phenoxy) is 1. The Bertz CT molecular complexity index is 1020. The van der Waals surface area contributed by atoms with Gasteiger partial charge in [-0.25, -0.2) is 13.4 Å². The van der Waals surface area contributed by atoms with Crippen LogP contribution in [0.15, 0.2) is 47.5 Å². The summed E-state index contributed by atoms with van der Waals surface area (Å²) in [6.07, 6.45) is 1.36. The van der Waals surface area contributed by atoms with Crippen molar-refractivity contribution < 1.29 is 13.2 Å². The van der Waals surface area contributed by atoms with E-state index in [1.165, 1.54) is 19.4 Å². The molecule has 0 saturated heterocycles. The molecule has 0 atom stereocenters. The highest BCUT2D eigenvalue weighted by atomic mass is 35.5. The van der Waals surface area contributed by atoms with E-state index in [-0.39, 0.29) is 16.5 Å². The van der Waals surface area contributed by atoms with Crippen molar-refractivity contribution in [2.75, 3.05) is 11.8 Å². The first-order valence-electron chi connectivity index (χ1n) is 6.99. The van der Waals surface area contributed by atoms with Gasteiger partial charge in [-0.05, 0) is 36.8 Å². The molecule has 3 rings (SSSR count). The van der Waals surface area contributed by atoms with Gasteiger partial charge >= 0.3 is 0 Å². The van der Waals surface area contributed by atoms with Crippen molar-refractivity contribution in [2.24, 2.45) is 0 Å². The van der Waals surface area contributed by atoms with Crippen LogP contribution in [-0.2, 0) is 10.0 Å². The smallest absolute Gasteiger partial charge is 0.266 e. The minimum Gasteiger partial charge on any atom is -0.495 e. The second-order valence-electron chi connectivity index (χ2n) is 5.10. The third kappa shape index (κ3) is 3.13. The number of aromatic nitrogens is 2. The zero-order valence-electron chi connectivity index (χ0n) is 12.9. The number of rotatable bonds is 4. The molecule has 8 heteroatoms. The highest BCUT2D eigenvalue weighted by Gasteiger charge is 2.22. The Labute approximate surface area is 144 Å². The van der Waals surface area contributed by atoms with Crippen molar-refractivity contribution in [1.29, 1.82) is 0 Å². The van der Waals surface area contributed by atoms with Gasteiger partial charge in [0.1, 0.15) is 10.6 Å². The van der Waals surface area contributed by atoms with E-state index in [0.717, 1.165) is 5.56 Å². The molecule has 1 N–H and O–H groups in total. The molecule has 1 heterocycles. The van der Waals surface area contributed by atoms with Crippen LogP contribution in [0.25, 0.3) is 11.0 Å². The molecule has 0 fully saturated rings. The van der Waals surface area contributed by atoms with Gasteiger partial charge in [-0.3, -0.25) is 9.71 Å². The first kappa shape index (κ1) is 16.5. The van der Waals surface area contributed by atoms with Crippen molar-refractivity contribution in [3.63, 3.8) is 0 Å². The lowest BCUT2D eigenvalue weighted by molar-refractivity contribution is 0.402. The number of nitrogens with one attached hydrogen (secondary N) is 1. The van der Waals surface area contributed by atoms with E-state index < -0.39 is 10.0 Å². The molecule has 0 aliphatic heterocycles. The summed E-state index contributed by atoms with van der Waals surface area (Å²) in [5, 5.41) is 0.334. The van der Waals surface area contributed by atoms with Crippen LogP contribution in [0.4, 0.5) is 5.82 Å². The molecular weight excluding hydrogens is 350 g/mol. The highest BCUT2D eigenvalue weighted by Crippen LogP contribution is 2.31. The van der Waals surface area contributed by atoms with Gasteiger partial charge in [-0.15, -0.1) is 0 Å². The number of aryl methyl sites for hydroxylation is 1. The fraction of sp³-hybridized carbons (Fsp3) is 0.125. The molecule has 0 saturated carbocycles. The molecule has 0 amide bonds. The van der Waals surface area contributed by atoms with E-state index >= 15 is 0 Å². The van der Waals surface area contributed by atoms with Crippen LogP contribution >= 0.6 is 11.6 Å². The van der Waals surface area contributed by atoms with Gasteiger partial charge in [0.25, 0.3) is 10.0 Å². The number of para-hydroxylation sites is 2. The third-order valence-electron chi connectivity index (χ3n) is 3.42. The number of anilines is 1.